The number of nitrogens with zero attached hydrogens (tertiary/aromatic N) is 1. The molecule has 0 heterocycles. The number of para-hydroxylation sites is 1. The van der Waals surface area contributed by atoms with Crippen LogP contribution in [-0.4, -0.2) is 17.2 Å². The highest BCUT2D eigenvalue weighted by atomic mass is 16.4. The molecular formula is C11H13NO2. The molecule has 3 heteroatoms. The van der Waals surface area contributed by atoms with E-state index in [1.165, 1.54) is 4.90 Å². The summed E-state index contributed by atoms with van der Waals surface area (Å²) in [4.78, 5) is 12.5. The Bertz CT molecular complexity index is 319. The fourth-order valence-electron chi connectivity index (χ4n) is 1.71. The summed E-state index contributed by atoms with van der Waals surface area (Å²) in [6.07, 6.45) is 2.27. The van der Waals surface area contributed by atoms with Gasteiger partial charge in [-0.05, 0) is 31.4 Å². The number of rotatable bonds is 2. The zero-order valence-corrected chi connectivity index (χ0v) is 7.89. The van der Waals surface area contributed by atoms with Crippen molar-refractivity contribution in [2.24, 2.45) is 0 Å². The van der Waals surface area contributed by atoms with Crippen LogP contribution in [0.15, 0.2) is 30.3 Å². The first kappa shape index (κ1) is 9.06. The molecule has 0 radical (unpaired) electrons. The van der Waals surface area contributed by atoms with Gasteiger partial charge in [0.05, 0.1) is 0 Å². The maximum Gasteiger partial charge on any atom is 0.412 e. The van der Waals surface area contributed by atoms with Gasteiger partial charge < -0.3 is 5.11 Å². The van der Waals surface area contributed by atoms with Crippen molar-refractivity contribution in [3.8, 4) is 0 Å². The van der Waals surface area contributed by atoms with Crippen molar-refractivity contribution in [3.63, 3.8) is 0 Å². The lowest BCUT2D eigenvalue weighted by atomic mass is 9.91. The van der Waals surface area contributed by atoms with E-state index in [0.29, 0.717) is 0 Å². The van der Waals surface area contributed by atoms with Gasteiger partial charge >= 0.3 is 6.09 Å². The molecule has 0 aromatic heterocycles. The zero-order chi connectivity index (χ0) is 9.97. The Balaban J connectivity index is 2.22. The molecule has 74 valence electrons. The average Bonchev–Trinajstić information content (AvgIpc) is 2.12. The van der Waals surface area contributed by atoms with Gasteiger partial charge in [-0.25, -0.2) is 4.79 Å². The van der Waals surface area contributed by atoms with Crippen LogP contribution in [0.2, 0.25) is 0 Å². The third kappa shape index (κ3) is 1.58. The monoisotopic (exact) mass is 191 g/mol. The van der Waals surface area contributed by atoms with Crippen molar-refractivity contribution < 1.29 is 9.90 Å². The number of carboxylic acid groups (broad SMARTS) is 1. The van der Waals surface area contributed by atoms with Gasteiger partial charge in [0.2, 0.25) is 0 Å². The molecule has 0 aliphatic heterocycles. The summed E-state index contributed by atoms with van der Waals surface area (Å²) >= 11 is 0. The highest BCUT2D eigenvalue weighted by Crippen LogP contribution is 2.29. The van der Waals surface area contributed by atoms with Crippen molar-refractivity contribution in [2.75, 3.05) is 4.90 Å². The molecule has 1 N–H and O–H groups in total. The van der Waals surface area contributed by atoms with E-state index >= 15 is 0 Å². The number of hydrogen-bond donors (Lipinski definition) is 1. The third-order valence-corrected chi connectivity index (χ3v) is 2.68. The second kappa shape index (κ2) is 3.70. The minimum absolute atomic E-state index is 0.190. The molecule has 0 saturated heterocycles. The molecule has 1 saturated carbocycles. The van der Waals surface area contributed by atoms with Crippen molar-refractivity contribution >= 4 is 11.8 Å². The van der Waals surface area contributed by atoms with Gasteiger partial charge in [0, 0.05) is 11.7 Å². The van der Waals surface area contributed by atoms with Crippen molar-refractivity contribution in [3.05, 3.63) is 30.3 Å². The molecule has 0 atom stereocenters. The summed E-state index contributed by atoms with van der Waals surface area (Å²) in [6.45, 7) is 0. The smallest absolute Gasteiger partial charge is 0.412 e. The van der Waals surface area contributed by atoms with Crippen LogP contribution in [0.4, 0.5) is 10.5 Å². The van der Waals surface area contributed by atoms with Gasteiger partial charge in [0.25, 0.3) is 0 Å². The molecule has 0 bridgehead atoms. The van der Waals surface area contributed by atoms with Gasteiger partial charge in [0.1, 0.15) is 0 Å². The molecule has 0 spiro atoms. The van der Waals surface area contributed by atoms with E-state index in [9.17, 15) is 4.79 Å². The minimum Gasteiger partial charge on any atom is -0.465 e. The van der Waals surface area contributed by atoms with E-state index in [1.54, 1.807) is 0 Å². The zero-order valence-electron chi connectivity index (χ0n) is 7.89. The van der Waals surface area contributed by atoms with Gasteiger partial charge in [-0.1, -0.05) is 18.2 Å². The summed E-state index contributed by atoms with van der Waals surface area (Å²) in [7, 11) is 0. The largest absolute Gasteiger partial charge is 0.465 e. The molecule has 3 nitrogen and oxygen atoms in total. The van der Waals surface area contributed by atoms with E-state index < -0.39 is 6.09 Å². The predicted molar refractivity (Wildman–Crippen MR) is 54.6 cm³/mol. The van der Waals surface area contributed by atoms with Crippen LogP contribution in [-0.2, 0) is 0 Å². The first-order chi connectivity index (χ1) is 6.79. The van der Waals surface area contributed by atoms with Crippen LogP contribution in [0.5, 0.6) is 0 Å². The van der Waals surface area contributed by atoms with Crippen LogP contribution < -0.4 is 4.90 Å². The average molecular weight is 191 g/mol. The number of amides is 1. The normalized spacial score (nSPS) is 16.0. The van der Waals surface area contributed by atoms with E-state index in [4.69, 9.17) is 5.11 Å². The Morgan fingerprint density at radius 2 is 1.93 bits per heavy atom. The van der Waals surface area contributed by atoms with Crippen molar-refractivity contribution in [1.29, 1.82) is 0 Å². The number of benzene rings is 1. The summed E-state index contributed by atoms with van der Waals surface area (Å²) in [5, 5.41) is 9.09. The second-order valence-electron chi connectivity index (χ2n) is 3.57. The summed E-state index contributed by atoms with van der Waals surface area (Å²) in [5.41, 5.74) is 0.782. The minimum atomic E-state index is -0.846. The summed E-state index contributed by atoms with van der Waals surface area (Å²) < 4.78 is 0. The molecule has 14 heavy (non-hydrogen) atoms. The Labute approximate surface area is 83.0 Å². The van der Waals surface area contributed by atoms with Crippen LogP contribution in [0.25, 0.3) is 0 Å². The summed E-state index contributed by atoms with van der Waals surface area (Å²) in [6, 6.07) is 9.49. The molecule has 1 amide bonds. The van der Waals surface area contributed by atoms with Crippen LogP contribution in [0.3, 0.4) is 0 Å². The number of carbonyl (C=O) groups is 1. The Kier molecular flexibility index (Phi) is 2.39. The third-order valence-electron chi connectivity index (χ3n) is 2.68. The van der Waals surface area contributed by atoms with Crippen molar-refractivity contribution in [2.45, 2.75) is 25.3 Å². The lowest BCUT2D eigenvalue weighted by Crippen LogP contribution is -2.43. The fraction of sp³-hybridized carbons (Fsp3) is 0.364. The number of anilines is 1. The van der Waals surface area contributed by atoms with Crippen LogP contribution >= 0.6 is 0 Å². The molecule has 1 fully saturated rings. The van der Waals surface area contributed by atoms with Gasteiger partial charge in [-0.15, -0.1) is 0 Å². The summed E-state index contributed by atoms with van der Waals surface area (Å²) in [5.74, 6) is 0. The van der Waals surface area contributed by atoms with Crippen LogP contribution in [0, 0.1) is 0 Å². The van der Waals surface area contributed by atoms with Gasteiger partial charge in [0.15, 0.2) is 0 Å². The molecule has 1 aromatic carbocycles. The molecule has 2 rings (SSSR count). The highest BCUT2D eigenvalue weighted by molar-refractivity contribution is 5.86. The second-order valence-corrected chi connectivity index (χ2v) is 3.57. The van der Waals surface area contributed by atoms with Gasteiger partial charge in [-0.3, -0.25) is 4.90 Å². The highest BCUT2D eigenvalue weighted by Gasteiger charge is 2.29. The number of hydrogen-bond acceptors (Lipinski definition) is 1. The topological polar surface area (TPSA) is 40.5 Å². The standard InChI is InChI=1S/C11H13NO2/c13-11(14)12(10-7-4-8-10)9-5-2-1-3-6-9/h1-3,5-6,10H,4,7-8H2,(H,13,14). The van der Waals surface area contributed by atoms with E-state index in [-0.39, 0.29) is 6.04 Å². The maximum absolute atomic E-state index is 11.1. The Hall–Kier alpha value is -1.51. The van der Waals surface area contributed by atoms with Crippen molar-refractivity contribution in [1.82, 2.24) is 0 Å². The van der Waals surface area contributed by atoms with E-state index in [1.807, 2.05) is 30.3 Å². The molecular weight excluding hydrogens is 178 g/mol. The maximum atomic E-state index is 11.1. The van der Waals surface area contributed by atoms with E-state index in [0.717, 1.165) is 24.9 Å². The molecule has 1 aliphatic carbocycles. The first-order valence-electron chi connectivity index (χ1n) is 4.86. The molecule has 1 aromatic rings. The quantitative estimate of drug-likeness (QED) is 0.780. The lowest BCUT2D eigenvalue weighted by Gasteiger charge is -2.35. The van der Waals surface area contributed by atoms with Crippen LogP contribution in [0.1, 0.15) is 19.3 Å². The van der Waals surface area contributed by atoms with Gasteiger partial charge in [-0.2, -0.15) is 0 Å². The Morgan fingerprint density at radius 1 is 1.29 bits per heavy atom. The van der Waals surface area contributed by atoms with E-state index in [2.05, 4.69) is 0 Å². The molecule has 0 unspecified atom stereocenters. The fourth-order valence-corrected chi connectivity index (χ4v) is 1.71. The lowest BCUT2D eigenvalue weighted by molar-refractivity contribution is 0.194. The SMILES string of the molecule is O=C(O)N(c1ccccc1)C1CCC1. The first-order valence-corrected chi connectivity index (χ1v) is 4.86. The predicted octanol–water partition coefficient (Wildman–Crippen LogP) is 2.72. The Morgan fingerprint density at radius 3 is 2.36 bits per heavy atom. The molecule has 1 aliphatic rings.